The molecular weight excluding hydrogens is 315 g/mol. The Labute approximate surface area is 146 Å². The van der Waals surface area contributed by atoms with E-state index in [-0.39, 0.29) is 23.1 Å². The summed E-state index contributed by atoms with van der Waals surface area (Å²) in [5.41, 5.74) is 4.76. The minimum absolute atomic E-state index is 0.00468. The van der Waals surface area contributed by atoms with Gasteiger partial charge in [-0.25, -0.2) is 4.39 Å². The average molecular weight is 336 g/mol. The lowest BCUT2D eigenvalue weighted by Crippen LogP contribution is -2.26. The lowest BCUT2D eigenvalue weighted by atomic mass is 9.95. The van der Waals surface area contributed by atoms with Gasteiger partial charge < -0.3 is 10.6 Å². The van der Waals surface area contributed by atoms with Crippen molar-refractivity contribution in [2.24, 2.45) is 5.92 Å². The van der Waals surface area contributed by atoms with Crippen molar-refractivity contribution < 1.29 is 9.18 Å². The number of hydrogen-bond acceptors (Lipinski definition) is 2. The van der Waals surface area contributed by atoms with Crippen LogP contribution in [0.3, 0.4) is 0 Å². The van der Waals surface area contributed by atoms with E-state index in [0.29, 0.717) is 18.7 Å². The van der Waals surface area contributed by atoms with Crippen LogP contribution < -0.4 is 10.6 Å². The number of fused-ring (bicyclic) bond motifs is 3. The average Bonchev–Trinajstić information content (AvgIpc) is 3.27. The van der Waals surface area contributed by atoms with Crippen LogP contribution in [-0.4, -0.2) is 12.5 Å². The molecule has 1 amide bonds. The summed E-state index contributed by atoms with van der Waals surface area (Å²) in [5, 5.41) is 6.11. The van der Waals surface area contributed by atoms with E-state index in [9.17, 15) is 9.18 Å². The predicted molar refractivity (Wildman–Crippen MR) is 95.0 cm³/mol. The molecular formula is C21H21FN2O. The fourth-order valence-electron chi connectivity index (χ4n) is 4.79. The van der Waals surface area contributed by atoms with Gasteiger partial charge in [0.25, 0.3) is 0 Å². The van der Waals surface area contributed by atoms with Crippen molar-refractivity contribution in [3.05, 3.63) is 64.5 Å². The van der Waals surface area contributed by atoms with E-state index < -0.39 is 0 Å². The van der Waals surface area contributed by atoms with Gasteiger partial charge in [0.2, 0.25) is 5.91 Å². The first-order valence-electron chi connectivity index (χ1n) is 9.09. The van der Waals surface area contributed by atoms with Crippen molar-refractivity contribution in [3.8, 4) is 0 Å². The number of carbonyl (C=O) groups excluding carboxylic acids is 1. The summed E-state index contributed by atoms with van der Waals surface area (Å²) in [5.74, 6) is -0.327. The number of halogens is 1. The molecule has 2 aliphatic carbocycles. The van der Waals surface area contributed by atoms with Crippen molar-refractivity contribution in [2.45, 2.75) is 37.6 Å². The van der Waals surface area contributed by atoms with Crippen LogP contribution in [0, 0.1) is 11.7 Å². The smallest absolute Gasteiger partial charge is 0.228 e. The second-order valence-electron chi connectivity index (χ2n) is 7.55. The second-order valence-corrected chi connectivity index (χ2v) is 7.55. The first-order valence-corrected chi connectivity index (χ1v) is 9.09. The summed E-state index contributed by atoms with van der Waals surface area (Å²) >= 11 is 0. The first kappa shape index (κ1) is 15.1. The maximum atomic E-state index is 14.8. The fourth-order valence-corrected chi connectivity index (χ4v) is 4.79. The normalized spacial score (nSPS) is 26.2. The molecule has 2 aromatic rings. The van der Waals surface area contributed by atoms with Crippen LogP contribution in [0.4, 0.5) is 10.1 Å². The second kappa shape index (κ2) is 5.40. The number of hydrogen-bond donors (Lipinski definition) is 2. The third kappa shape index (κ3) is 2.24. The Morgan fingerprint density at radius 3 is 2.96 bits per heavy atom. The number of amides is 1. The van der Waals surface area contributed by atoms with E-state index in [4.69, 9.17) is 0 Å². The Morgan fingerprint density at radius 1 is 1.16 bits per heavy atom. The van der Waals surface area contributed by atoms with Crippen LogP contribution in [0.1, 0.15) is 35.1 Å². The summed E-state index contributed by atoms with van der Waals surface area (Å²) in [6.07, 6.45) is 3.63. The number of anilines is 1. The molecule has 0 bridgehead atoms. The van der Waals surface area contributed by atoms with Gasteiger partial charge in [-0.2, -0.15) is 0 Å². The van der Waals surface area contributed by atoms with E-state index in [2.05, 4.69) is 34.9 Å². The zero-order valence-corrected chi connectivity index (χ0v) is 14.1. The Hall–Kier alpha value is -2.20. The van der Waals surface area contributed by atoms with Crippen molar-refractivity contribution in [1.29, 1.82) is 0 Å². The maximum absolute atomic E-state index is 14.8. The maximum Gasteiger partial charge on any atom is 0.228 e. The highest BCUT2D eigenvalue weighted by Gasteiger charge is 2.61. The monoisotopic (exact) mass is 336 g/mol. The van der Waals surface area contributed by atoms with Crippen molar-refractivity contribution in [1.82, 2.24) is 5.32 Å². The third-order valence-corrected chi connectivity index (χ3v) is 6.25. The molecule has 2 aromatic carbocycles. The molecule has 1 fully saturated rings. The van der Waals surface area contributed by atoms with Gasteiger partial charge >= 0.3 is 0 Å². The van der Waals surface area contributed by atoms with E-state index in [0.717, 1.165) is 36.9 Å². The number of aryl methyl sites for hydroxylation is 1. The molecule has 0 aromatic heterocycles. The van der Waals surface area contributed by atoms with Crippen LogP contribution >= 0.6 is 0 Å². The van der Waals surface area contributed by atoms with Gasteiger partial charge in [-0.3, -0.25) is 4.79 Å². The van der Waals surface area contributed by atoms with Crippen LogP contribution in [0.15, 0.2) is 36.4 Å². The standard InChI is InChI=1S/C21H21FN2O/c22-19-15-8-10-23-12-14(15)5-6-18(19)24-20(25)17-11-21(17)9-7-13-3-1-2-4-16(13)21/h1-6,17,23H,7-12H2,(H,24,25). The molecule has 5 rings (SSSR count). The highest BCUT2D eigenvalue weighted by atomic mass is 19.1. The molecule has 4 heteroatoms. The SMILES string of the molecule is O=C(Nc1ccc2c(c1F)CCNC2)C1CC12CCc1ccccc12. The molecule has 1 aliphatic heterocycles. The van der Waals surface area contributed by atoms with E-state index >= 15 is 0 Å². The molecule has 2 unspecified atom stereocenters. The third-order valence-electron chi connectivity index (χ3n) is 6.25. The molecule has 1 saturated carbocycles. The van der Waals surface area contributed by atoms with Gasteiger partial charge in [0.15, 0.2) is 0 Å². The summed E-state index contributed by atoms with van der Waals surface area (Å²) in [7, 11) is 0. The zero-order chi connectivity index (χ0) is 17.0. The van der Waals surface area contributed by atoms with E-state index in [1.807, 2.05) is 6.07 Å². The van der Waals surface area contributed by atoms with Gasteiger partial charge in [-0.1, -0.05) is 30.3 Å². The largest absolute Gasteiger partial charge is 0.323 e. The highest BCUT2D eigenvalue weighted by Crippen LogP contribution is 2.61. The zero-order valence-electron chi connectivity index (χ0n) is 14.1. The van der Waals surface area contributed by atoms with Gasteiger partial charge in [0.1, 0.15) is 5.82 Å². The molecule has 1 spiro atoms. The lowest BCUT2D eigenvalue weighted by molar-refractivity contribution is -0.117. The number of rotatable bonds is 2. The van der Waals surface area contributed by atoms with Crippen molar-refractivity contribution in [2.75, 3.05) is 11.9 Å². The number of carbonyl (C=O) groups is 1. The lowest BCUT2D eigenvalue weighted by Gasteiger charge is -2.19. The minimum atomic E-state index is -0.256. The highest BCUT2D eigenvalue weighted by molar-refractivity contribution is 5.96. The molecule has 25 heavy (non-hydrogen) atoms. The number of nitrogens with one attached hydrogen (secondary N) is 2. The summed E-state index contributed by atoms with van der Waals surface area (Å²) in [4.78, 5) is 12.8. The van der Waals surface area contributed by atoms with Gasteiger partial charge in [-0.05, 0) is 60.5 Å². The van der Waals surface area contributed by atoms with Gasteiger partial charge in [-0.15, -0.1) is 0 Å². The molecule has 3 aliphatic rings. The number of benzene rings is 2. The Bertz CT molecular complexity index is 878. The Kier molecular flexibility index (Phi) is 3.26. The summed E-state index contributed by atoms with van der Waals surface area (Å²) < 4.78 is 14.8. The van der Waals surface area contributed by atoms with Crippen LogP contribution in [0.5, 0.6) is 0 Å². The van der Waals surface area contributed by atoms with Crippen LogP contribution in [-0.2, 0) is 29.6 Å². The molecule has 2 atom stereocenters. The summed E-state index contributed by atoms with van der Waals surface area (Å²) in [6.45, 7) is 1.48. The van der Waals surface area contributed by atoms with Crippen molar-refractivity contribution >= 4 is 11.6 Å². The minimum Gasteiger partial charge on any atom is -0.323 e. The van der Waals surface area contributed by atoms with Gasteiger partial charge in [0, 0.05) is 17.9 Å². The summed E-state index contributed by atoms with van der Waals surface area (Å²) in [6, 6.07) is 12.1. The molecule has 3 nitrogen and oxygen atoms in total. The van der Waals surface area contributed by atoms with E-state index in [1.165, 1.54) is 11.1 Å². The van der Waals surface area contributed by atoms with Crippen LogP contribution in [0.25, 0.3) is 0 Å². The Balaban J connectivity index is 1.38. The molecule has 1 heterocycles. The van der Waals surface area contributed by atoms with E-state index in [1.54, 1.807) is 6.07 Å². The topological polar surface area (TPSA) is 41.1 Å². The molecule has 2 N–H and O–H groups in total. The fraction of sp³-hybridized carbons (Fsp3) is 0.381. The molecule has 0 radical (unpaired) electrons. The molecule has 128 valence electrons. The van der Waals surface area contributed by atoms with Crippen molar-refractivity contribution in [3.63, 3.8) is 0 Å². The quantitative estimate of drug-likeness (QED) is 0.883. The van der Waals surface area contributed by atoms with Crippen LogP contribution in [0.2, 0.25) is 0 Å². The first-order chi connectivity index (χ1) is 12.2. The Morgan fingerprint density at radius 2 is 2.04 bits per heavy atom. The molecule has 0 saturated heterocycles. The predicted octanol–water partition coefficient (Wildman–Crippen LogP) is 3.31. The van der Waals surface area contributed by atoms with Gasteiger partial charge in [0.05, 0.1) is 5.69 Å².